The van der Waals surface area contributed by atoms with E-state index in [-0.39, 0.29) is 17.3 Å². The van der Waals surface area contributed by atoms with Crippen molar-refractivity contribution in [2.75, 3.05) is 25.0 Å². The largest absolute Gasteiger partial charge is 0.384 e. The standard InChI is InChI=1S/C19H22N4O4S/c20-19(15-6-2-1-3-7-15)22-27-14-18(24)21-16-8-10-17(11-9-16)28(25,26)23-12-4-5-13-23/h1-3,6-11H,4-5,12-14H2,(H2,20,22)(H,21,24). The number of carbonyl (C=O) groups excluding carboxylic acids is 1. The van der Waals surface area contributed by atoms with Gasteiger partial charge in [0.2, 0.25) is 10.0 Å². The van der Waals surface area contributed by atoms with Gasteiger partial charge in [-0.2, -0.15) is 4.31 Å². The molecule has 3 rings (SSSR count). The highest BCUT2D eigenvalue weighted by atomic mass is 32.2. The lowest BCUT2D eigenvalue weighted by Crippen LogP contribution is -2.27. The van der Waals surface area contributed by atoms with Crippen molar-refractivity contribution in [2.45, 2.75) is 17.7 Å². The van der Waals surface area contributed by atoms with E-state index in [1.54, 1.807) is 24.3 Å². The van der Waals surface area contributed by atoms with Gasteiger partial charge in [0.15, 0.2) is 12.4 Å². The Hall–Kier alpha value is -2.91. The highest BCUT2D eigenvalue weighted by Gasteiger charge is 2.26. The Labute approximate surface area is 164 Å². The summed E-state index contributed by atoms with van der Waals surface area (Å²) in [5.74, 6) is -0.260. The molecule has 8 nitrogen and oxygen atoms in total. The van der Waals surface area contributed by atoms with Crippen molar-refractivity contribution in [1.82, 2.24) is 4.31 Å². The van der Waals surface area contributed by atoms with Crippen LogP contribution in [-0.4, -0.2) is 44.2 Å². The van der Waals surface area contributed by atoms with Gasteiger partial charge in [-0.05, 0) is 37.1 Å². The van der Waals surface area contributed by atoms with Gasteiger partial charge >= 0.3 is 0 Å². The lowest BCUT2D eigenvalue weighted by molar-refractivity contribution is -0.120. The van der Waals surface area contributed by atoms with Gasteiger partial charge in [-0.15, -0.1) is 0 Å². The quantitative estimate of drug-likeness (QED) is 0.416. The number of nitrogens with two attached hydrogens (primary N) is 1. The molecule has 0 atom stereocenters. The van der Waals surface area contributed by atoms with Gasteiger partial charge in [0.1, 0.15) is 0 Å². The van der Waals surface area contributed by atoms with Gasteiger partial charge in [0.05, 0.1) is 4.90 Å². The van der Waals surface area contributed by atoms with Crippen molar-refractivity contribution in [3.05, 3.63) is 60.2 Å². The fourth-order valence-electron chi connectivity index (χ4n) is 2.81. The van der Waals surface area contributed by atoms with E-state index in [1.807, 2.05) is 18.2 Å². The smallest absolute Gasteiger partial charge is 0.265 e. The zero-order chi connectivity index (χ0) is 20.0. The third-order valence-electron chi connectivity index (χ3n) is 4.27. The van der Waals surface area contributed by atoms with Crippen LogP contribution >= 0.6 is 0 Å². The van der Waals surface area contributed by atoms with Crippen LogP contribution < -0.4 is 11.1 Å². The van der Waals surface area contributed by atoms with E-state index in [0.717, 1.165) is 12.8 Å². The van der Waals surface area contributed by atoms with E-state index < -0.39 is 15.9 Å². The molecule has 0 aliphatic carbocycles. The molecule has 0 aromatic heterocycles. The molecular weight excluding hydrogens is 380 g/mol. The average molecular weight is 402 g/mol. The van der Waals surface area contributed by atoms with Crippen LogP contribution in [0.2, 0.25) is 0 Å². The molecule has 0 saturated carbocycles. The van der Waals surface area contributed by atoms with Gasteiger partial charge in [0.25, 0.3) is 5.91 Å². The number of sulfonamides is 1. The van der Waals surface area contributed by atoms with E-state index in [1.165, 1.54) is 16.4 Å². The SMILES string of the molecule is N/C(=N\OCC(=O)Nc1ccc(S(=O)(=O)N2CCCC2)cc1)c1ccccc1. The molecule has 2 aromatic carbocycles. The minimum Gasteiger partial charge on any atom is -0.384 e. The molecule has 9 heteroatoms. The summed E-state index contributed by atoms with van der Waals surface area (Å²) in [7, 11) is -3.47. The Morgan fingerprint density at radius 2 is 1.71 bits per heavy atom. The number of hydrogen-bond acceptors (Lipinski definition) is 5. The van der Waals surface area contributed by atoms with Gasteiger partial charge in [0, 0.05) is 24.3 Å². The third-order valence-corrected chi connectivity index (χ3v) is 6.18. The molecule has 3 N–H and O–H groups in total. The second kappa shape index (κ2) is 8.85. The minimum absolute atomic E-state index is 0.171. The molecule has 2 aromatic rings. The van der Waals surface area contributed by atoms with E-state index in [2.05, 4.69) is 10.5 Å². The maximum atomic E-state index is 12.5. The average Bonchev–Trinajstić information content (AvgIpc) is 3.25. The van der Waals surface area contributed by atoms with E-state index in [0.29, 0.717) is 24.3 Å². The molecule has 0 spiro atoms. The van der Waals surface area contributed by atoms with Crippen LogP contribution in [0.15, 0.2) is 64.6 Å². The summed E-state index contributed by atoms with van der Waals surface area (Å²) in [5, 5.41) is 6.34. The normalized spacial score (nSPS) is 15.4. The number of amides is 1. The van der Waals surface area contributed by atoms with Crippen LogP contribution in [0.3, 0.4) is 0 Å². The molecule has 148 valence electrons. The maximum Gasteiger partial charge on any atom is 0.265 e. The van der Waals surface area contributed by atoms with Crippen molar-refractivity contribution in [2.24, 2.45) is 10.9 Å². The number of amidine groups is 1. The number of hydrogen-bond donors (Lipinski definition) is 2. The van der Waals surface area contributed by atoms with Crippen LogP contribution in [0.5, 0.6) is 0 Å². The molecule has 28 heavy (non-hydrogen) atoms. The van der Waals surface area contributed by atoms with Crippen LogP contribution in [0, 0.1) is 0 Å². The van der Waals surface area contributed by atoms with Crippen LogP contribution in [0.25, 0.3) is 0 Å². The van der Waals surface area contributed by atoms with Crippen molar-refractivity contribution < 1.29 is 18.0 Å². The monoisotopic (exact) mass is 402 g/mol. The molecule has 1 amide bonds. The second-order valence-electron chi connectivity index (χ2n) is 6.30. The highest BCUT2D eigenvalue weighted by Crippen LogP contribution is 2.22. The summed E-state index contributed by atoms with van der Waals surface area (Å²) >= 11 is 0. The number of oxime groups is 1. The number of anilines is 1. The zero-order valence-electron chi connectivity index (χ0n) is 15.2. The molecule has 1 heterocycles. The van der Waals surface area contributed by atoms with Crippen LogP contribution in [0.1, 0.15) is 18.4 Å². The molecule has 1 aliphatic heterocycles. The van der Waals surface area contributed by atoms with Gasteiger partial charge in [-0.3, -0.25) is 4.79 Å². The van der Waals surface area contributed by atoms with Gasteiger partial charge in [-0.25, -0.2) is 8.42 Å². The first kappa shape index (κ1) is 19.8. The lowest BCUT2D eigenvalue weighted by atomic mass is 10.2. The number of carbonyl (C=O) groups is 1. The topological polar surface area (TPSA) is 114 Å². The summed E-state index contributed by atoms with van der Waals surface area (Å²) in [6.45, 7) is 0.775. The lowest BCUT2D eigenvalue weighted by Gasteiger charge is -2.15. The van der Waals surface area contributed by atoms with Crippen molar-refractivity contribution >= 4 is 27.5 Å². The summed E-state index contributed by atoms with van der Waals surface area (Å²) in [4.78, 5) is 17.1. The minimum atomic E-state index is -3.47. The Balaban J connectivity index is 1.53. The van der Waals surface area contributed by atoms with Crippen LogP contribution in [-0.2, 0) is 19.7 Å². The first-order valence-corrected chi connectivity index (χ1v) is 10.3. The Morgan fingerprint density at radius 3 is 2.36 bits per heavy atom. The first-order chi connectivity index (χ1) is 13.5. The predicted octanol–water partition coefficient (Wildman–Crippen LogP) is 1.75. The summed E-state index contributed by atoms with van der Waals surface area (Å²) in [5.41, 5.74) is 6.93. The van der Waals surface area contributed by atoms with Crippen molar-refractivity contribution in [3.63, 3.8) is 0 Å². The third kappa shape index (κ3) is 4.87. The fourth-order valence-corrected chi connectivity index (χ4v) is 4.32. The molecule has 0 radical (unpaired) electrons. The van der Waals surface area contributed by atoms with Crippen molar-refractivity contribution in [1.29, 1.82) is 0 Å². The molecule has 0 unspecified atom stereocenters. The number of nitrogens with one attached hydrogen (secondary N) is 1. The number of nitrogens with zero attached hydrogens (tertiary/aromatic N) is 2. The predicted molar refractivity (Wildman–Crippen MR) is 106 cm³/mol. The molecule has 0 bridgehead atoms. The maximum absolute atomic E-state index is 12.5. The Bertz CT molecular complexity index is 938. The second-order valence-corrected chi connectivity index (χ2v) is 8.24. The molecular formula is C19H22N4O4S. The summed E-state index contributed by atoms with van der Waals surface area (Å²) in [6.07, 6.45) is 1.76. The van der Waals surface area contributed by atoms with Crippen LogP contribution in [0.4, 0.5) is 5.69 Å². The fraction of sp³-hybridized carbons (Fsp3) is 0.263. The highest BCUT2D eigenvalue weighted by molar-refractivity contribution is 7.89. The van der Waals surface area contributed by atoms with E-state index >= 15 is 0 Å². The first-order valence-electron chi connectivity index (χ1n) is 8.88. The summed E-state index contributed by atoms with van der Waals surface area (Å²) < 4.78 is 26.4. The van der Waals surface area contributed by atoms with E-state index in [9.17, 15) is 13.2 Å². The number of rotatable bonds is 7. The Morgan fingerprint density at radius 1 is 1.07 bits per heavy atom. The van der Waals surface area contributed by atoms with Gasteiger partial charge in [-0.1, -0.05) is 35.5 Å². The zero-order valence-corrected chi connectivity index (χ0v) is 16.1. The van der Waals surface area contributed by atoms with E-state index in [4.69, 9.17) is 10.6 Å². The number of benzene rings is 2. The molecule has 1 saturated heterocycles. The Kier molecular flexibility index (Phi) is 6.27. The summed E-state index contributed by atoms with van der Waals surface area (Å²) in [6, 6.07) is 15.1. The van der Waals surface area contributed by atoms with Gasteiger partial charge < -0.3 is 15.9 Å². The molecule has 1 aliphatic rings. The van der Waals surface area contributed by atoms with Crippen molar-refractivity contribution in [3.8, 4) is 0 Å². The molecule has 1 fully saturated rings.